The van der Waals surface area contributed by atoms with Gasteiger partial charge in [0, 0.05) is 7.05 Å². The van der Waals surface area contributed by atoms with E-state index in [2.05, 4.69) is 41.3 Å². The SMILES string of the molecule is CCCOc1nc(NC)nc(-n2nc(C)c(Br)c2C)n1. The van der Waals surface area contributed by atoms with E-state index in [9.17, 15) is 0 Å². The third kappa shape index (κ3) is 2.90. The maximum atomic E-state index is 5.48. The van der Waals surface area contributed by atoms with Crippen LogP contribution in [0.3, 0.4) is 0 Å². The minimum atomic E-state index is 0.296. The number of rotatable bonds is 5. The van der Waals surface area contributed by atoms with Gasteiger partial charge in [0.25, 0.3) is 5.95 Å². The summed E-state index contributed by atoms with van der Waals surface area (Å²) >= 11 is 3.49. The molecule has 20 heavy (non-hydrogen) atoms. The first kappa shape index (κ1) is 14.7. The van der Waals surface area contributed by atoms with Gasteiger partial charge in [0.1, 0.15) is 0 Å². The number of halogens is 1. The van der Waals surface area contributed by atoms with Crippen LogP contribution < -0.4 is 10.1 Å². The number of hydrogen-bond acceptors (Lipinski definition) is 6. The molecule has 8 heteroatoms. The number of anilines is 1. The van der Waals surface area contributed by atoms with Crippen molar-refractivity contribution < 1.29 is 4.74 Å². The van der Waals surface area contributed by atoms with Gasteiger partial charge in [-0.15, -0.1) is 0 Å². The molecule has 0 aliphatic carbocycles. The molecular formula is C12H17BrN6O. The first-order valence-electron chi connectivity index (χ1n) is 6.35. The van der Waals surface area contributed by atoms with Gasteiger partial charge in [-0.05, 0) is 36.2 Å². The van der Waals surface area contributed by atoms with Gasteiger partial charge in [-0.2, -0.15) is 20.1 Å². The molecule has 0 radical (unpaired) electrons. The topological polar surface area (TPSA) is 77.8 Å². The molecule has 1 N–H and O–H groups in total. The summed E-state index contributed by atoms with van der Waals surface area (Å²) in [6, 6.07) is 0.296. The van der Waals surface area contributed by atoms with E-state index in [4.69, 9.17) is 4.74 Å². The number of nitrogens with one attached hydrogen (secondary N) is 1. The molecule has 0 fully saturated rings. The summed E-state index contributed by atoms with van der Waals surface area (Å²) in [6.07, 6.45) is 0.890. The second-order valence-corrected chi connectivity index (χ2v) is 5.03. The van der Waals surface area contributed by atoms with Crippen LogP contribution in [0.5, 0.6) is 6.01 Å². The number of aromatic nitrogens is 5. The van der Waals surface area contributed by atoms with Gasteiger partial charge in [-0.3, -0.25) is 0 Å². The van der Waals surface area contributed by atoms with Gasteiger partial charge in [-0.1, -0.05) is 6.92 Å². The van der Waals surface area contributed by atoms with Crippen molar-refractivity contribution in [3.63, 3.8) is 0 Å². The Kier molecular flexibility index (Phi) is 4.53. The summed E-state index contributed by atoms with van der Waals surface area (Å²) in [7, 11) is 1.75. The average Bonchev–Trinajstić information content (AvgIpc) is 2.72. The zero-order chi connectivity index (χ0) is 14.7. The molecular weight excluding hydrogens is 324 g/mol. The first-order chi connectivity index (χ1) is 9.56. The summed E-state index contributed by atoms with van der Waals surface area (Å²) in [6.45, 7) is 6.45. The molecule has 0 aliphatic rings. The van der Waals surface area contributed by atoms with E-state index < -0.39 is 0 Å². The highest BCUT2D eigenvalue weighted by Gasteiger charge is 2.15. The molecule has 0 saturated carbocycles. The van der Waals surface area contributed by atoms with E-state index in [1.807, 2.05) is 20.8 Å². The van der Waals surface area contributed by atoms with Crippen LogP contribution in [-0.4, -0.2) is 38.4 Å². The van der Waals surface area contributed by atoms with E-state index in [0.717, 1.165) is 22.3 Å². The quantitative estimate of drug-likeness (QED) is 0.899. The fraction of sp³-hybridized carbons (Fsp3) is 0.500. The van der Waals surface area contributed by atoms with Gasteiger partial charge in [0.15, 0.2) is 0 Å². The van der Waals surface area contributed by atoms with Crippen molar-refractivity contribution >= 4 is 21.9 Å². The Hall–Kier alpha value is -1.70. The van der Waals surface area contributed by atoms with Crippen LogP contribution in [0.2, 0.25) is 0 Å². The second-order valence-electron chi connectivity index (χ2n) is 4.24. The number of aryl methyl sites for hydroxylation is 1. The lowest BCUT2D eigenvalue weighted by Gasteiger charge is -2.08. The molecule has 0 spiro atoms. The minimum absolute atomic E-state index is 0.296. The third-order valence-electron chi connectivity index (χ3n) is 2.65. The summed E-state index contributed by atoms with van der Waals surface area (Å²) in [5, 5.41) is 7.31. The number of hydrogen-bond donors (Lipinski definition) is 1. The fourth-order valence-corrected chi connectivity index (χ4v) is 1.88. The second kappa shape index (κ2) is 6.17. The molecule has 0 unspecified atom stereocenters. The highest BCUT2D eigenvalue weighted by molar-refractivity contribution is 9.10. The molecule has 2 aromatic heterocycles. The lowest BCUT2D eigenvalue weighted by Crippen LogP contribution is -2.11. The normalized spacial score (nSPS) is 10.7. The van der Waals surface area contributed by atoms with Crippen molar-refractivity contribution in [2.75, 3.05) is 19.0 Å². The molecule has 2 heterocycles. The Bertz CT molecular complexity index is 612. The van der Waals surface area contributed by atoms with Crippen LogP contribution >= 0.6 is 15.9 Å². The van der Waals surface area contributed by atoms with E-state index >= 15 is 0 Å². The summed E-state index contributed by atoms with van der Waals surface area (Å²) < 4.78 is 8.09. The number of ether oxygens (including phenoxy) is 1. The zero-order valence-electron chi connectivity index (χ0n) is 11.9. The van der Waals surface area contributed by atoms with Crippen LogP contribution in [0.25, 0.3) is 5.95 Å². The molecule has 0 saturated heterocycles. The monoisotopic (exact) mass is 340 g/mol. The van der Waals surface area contributed by atoms with Gasteiger partial charge in [-0.25, -0.2) is 4.68 Å². The Balaban J connectivity index is 2.46. The third-order valence-corrected chi connectivity index (χ3v) is 3.80. The van der Waals surface area contributed by atoms with Crippen LogP contribution in [0.4, 0.5) is 5.95 Å². The molecule has 0 amide bonds. The van der Waals surface area contributed by atoms with Gasteiger partial charge < -0.3 is 10.1 Å². The van der Waals surface area contributed by atoms with E-state index in [-0.39, 0.29) is 0 Å². The van der Waals surface area contributed by atoms with E-state index in [0.29, 0.717) is 24.5 Å². The molecule has 0 bridgehead atoms. The van der Waals surface area contributed by atoms with E-state index in [1.165, 1.54) is 0 Å². The molecule has 2 aromatic rings. The summed E-state index contributed by atoms with van der Waals surface area (Å²) in [5.41, 5.74) is 1.81. The van der Waals surface area contributed by atoms with Crippen molar-refractivity contribution in [1.29, 1.82) is 0 Å². The largest absolute Gasteiger partial charge is 0.463 e. The zero-order valence-corrected chi connectivity index (χ0v) is 13.5. The Morgan fingerprint density at radius 1 is 1.25 bits per heavy atom. The summed E-state index contributed by atoms with van der Waals surface area (Å²) in [5.74, 6) is 0.881. The molecule has 108 valence electrons. The minimum Gasteiger partial charge on any atom is -0.463 e. The Labute approximate surface area is 125 Å². The first-order valence-corrected chi connectivity index (χ1v) is 7.14. The van der Waals surface area contributed by atoms with E-state index in [1.54, 1.807) is 11.7 Å². The highest BCUT2D eigenvalue weighted by Crippen LogP contribution is 2.22. The standard InChI is InChI=1S/C12H17BrN6O/c1-5-6-20-12-16-10(14-4)15-11(17-12)19-8(3)9(13)7(2)18-19/h5-6H2,1-4H3,(H,14,15,16,17). The molecule has 7 nitrogen and oxygen atoms in total. The van der Waals surface area contributed by atoms with Crippen molar-refractivity contribution in [2.45, 2.75) is 27.2 Å². The molecule has 2 rings (SSSR count). The predicted molar refractivity (Wildman–Crippen MR) is 79.5 cm³/mol. The van der Waals surface area contributed by atoms with Crippen LogP contribution in [0.1, 0.15) is 24.7 Å². The average molecular weight is 341 g/mol. The Morgan fingerprint density at radius 3 is 2.55 bits per heavy atom. The summed E-state index contributed by atoms with van der Waals surface area (Å²) in [4.78, 5) is 12.8. The lowest BCUT2D eigenvalue weighted by atomic mass is 10.4. The molecule has 0 atom stereocenters. The maximum absolute atomic E-state index is 5.48. The van der Waals surface area contributed by atoms with Gasteiger partial charge in [0.2, 0.25) is 5.95 Å². The molecule has 0 aromatic carbocycles. The van der Waals surface area contributed by atoms with Crippen molar-refractivity contribution in [2.24, 2.45) is 0 Å². The van der Waals surface area contributed by atoms with Crippen molar-refractivity contribution in [3.8, 4) is 12.0 Å². The van der Waals surface area contributed by atoms with Gasteiger partial charge >= 0.3 is 6.01 Å². The van der Waals surface area contributed by atoms with Crippen molar-refractivity contribution in [3.05, 3.63) is 15.9 Å². The Morgan fingerprint density at radius 2 is 2.00 bits per heavy atom. The smallest absolute Gasteiger partial charge is 0.323 e. The van der Waals surface area contributed by atoms with Crippen molar-refractivity contribution in [1.82, 2.24) is 24.7 Å². The van der Waals surface area contributed by atoms with Crippen LogP contribution in [-0.2, 0) is 0 Å². The fourth-order valence-electron chi connectivity index (χ4n) is 1.63. The van der Waals surface area contributed by atoms with Gasteiger partial charge in [0.05, 0.1) is 22.5 Å². The van der Waals surface area contributed by atoms with Crippen LogP contribution in [0, 0.1) is 13.8 Å². The number of nitrogens with zero attached hydrogens (tertiary/aromatic N) is 5. The predicted octanol–water partition coefficient (Wildman–Crippen LogP) is 2.27. The lowest BCUT2D eigenvalue weighted by molar-refractivity contribution is 0.291. The highest BCUT2D eigenvalue weighted by atomic mass is 79.9. The van der Waals surface area contributed by atoms with Crippen LogP contribution in [0.15, 0.2) is 4.47 Å². The maximum Gasteiger partial charge on any atom is 0.323 e. The molecule has 0 aliphatic heterocycles.